The molecular weight excluding hydrogens is 324 g/mol. The van der Waals surface area contributed by atoms with Crippen molar-refractivity contribution in [1.82, 2.24) is 9.21 Å². The molecule has 2 aliphatic rings. The molecule has 2 heterocycles. The van der Waals surface area contributed by atoms with Crippen LogP contribution in [0.25, 0.3) is 0 Å². The van der Waals surface area contributed by atoms with Crippen molar-refractivity contribution in [3.63, 3.8) is 0 Å². The van der Waals surface area contributed by atoms with Gasteiger partial charge in [-0.2, -0.15) is 4.31 Å². The van der Waals surface area contributed by atoms with Crippen molar-refractivity contribution in [2.75, 3.05) is 26.2 Å². The van der Waals surface area contributed by atoms with Gasteiger partial charge in [0.05, 0.1) is 4.90 Å². The van der Waals surface area contributed by atoms with Gasteiger partial charge >= 0.3 is 0 Å². The van der Waals surface area contributed by atoms with Crippen LogP contribution in [0.3, 0.4) is 0 Å². The highest BCUT2D eigenvalue weighted by atomic mass is 32.2. The van der Waals surface area contributed by atoms with Crippen molar-refractivity contribution in [2.24, 2.45) is 5.92 Å². The third-order valence-electron chi connectivity index (χ3n) is 5.06. The van der Waals surface area contributed by atoms with Crippen LogP contribution in [0, 0.1) is 12.8 Å². The molecule has 1 amide bonds. The zero-order valence-corrected chi connectivity index (χ0v) is 15.3. The molecule has 0 N–H and O–H groups in total. The molecule has 0 radical (unpaired) electrons. The van der Waals surface area contributed by atoms with E-state index in [1.807, 2.05) is 4.90 Å². The number of aryl methyl sites for hydroxylation is 1. The normalized spacial score (nSPS) is 22.8. The van der Waals surface area contributed by atoms with E-state index in [4.69, 9.17) is 0 Å². The summed E-state index contributed by atoms with van der Waals surface area (Å²) in [5, 5.41) is 0. The quantitative estimate of drug-likeness (QED) is 0.842. The summed E-state index contributed by atoms with van der Waals surface area (Å²) in [5.74, 6) is 0.445. The number of rotatable bonds is 3. The second-order valence-corrected chi connectivity index (χ2v) is 9.00. The van der Waals surface area contributed by atoms with Gasteiger partial charge in [-0.05, 0) is 56.2 Å². The first-order valence-corrected chi connectivity index (χ1v) is 10.2. The summed E-state index contributed by atoms with van der Waals surface area (Å²) in [7, 11) is -3.50. The van der Waals surface area contributed by atoms with Crippen molar-refractivity contribution in [1.29, 1.82) is 0 Å². The molecule has 0 bridgehead atoms. The number of piperidine rings is 1. The average molecular weight is 350 g/mol. The Balaban J connectivity index is 1.90. The van der Waals surface area contributed by atoms with Crippen LogP contribution >= 0.6 is 0 Å². The fraction of sp³-hybridized carbons (Fsp3) is 0.611. The van der Waals surface area contributed by atoms with Crippen molar-refractivity contribution in [3.05, 3.63) is 29.3 Å². The molecule has 0 spiro atoms. The molecule has 0 unspecified atom stereocenters. The summed E-state index contributed by atoms with van der Waals surface area (Å²) >= 11 is 0. The van der Waals surface area contributed by atoms with Crippen LogP contribution in [0.1, 0.15) is 48.5 Å². The maximum Gasteiger partial charge on any atom is 0.253 e. The highest BCUT2D eigenvalue weighted by Gasteiger charge is 2.30. The molecule has 6 heteroatoms. The van der Waals surface area contributed by atoms with Gasteiger partial charge in [0.25, 0.3) is 5.91 Å². The van der Waals surface area contributed by atoms with E-state index in [0.717, 1.165) is 38.8 Å². The SMILES string of the molecule is Cc1ccc(C(=O)N2CCC[C@H](C)C2)cc1S(=O)(=O)N1CCCC1. The lowest BCUT2D eigenvalue weighted by Crippen LogP contribution is -2.39. The van der Waals surface area contributed by atoms with Gasteiger partial charge in [0, 0.05) is 31.7 Å². The van der Waals surface area contributed by atoms with Crippen LogP contribution in [0.15, 0.2) is 23.1 Å². The molecule has 24 heavy (non-hydrogen) atoms. The number of carbonyl (C=O) groups excluding carboxylic acids is 1. The Hall–Kier alpha value is -1.40. The lowest BCUT2D eigenvalue weighted by molar-refractivity contribution is 0.0683. The number of carbonyl (C=O) groups is 1. The van der Waals surface area contributed by atoms with E-state index < -0.39 is 10.0 Å². The van der Waals surface area contributed by atoms with Crippen molar-refractivity contribution in [2.45, 2.75) is 44.4 Å². The van der Waals surface area contributed by atoms with E-state index in [1.54, 1.807) is 25.1 Å². The summed E-state index contributed by atoms with van der Waals surface area (Å²) in [6, 6.07) is 5.08. The number of hydrogen-bond donors (Lipinski definition) is 0. The molecule has 1 aromatic carbocycles. The summed E-state index contributed by atoms with van der Waals surface area (Å²) in [5.41, 5.74) is 1.18. The predicted octanol–water partition coefficient (Wildman–Crippen LogP) is 2.65. The Morgan fingerprint density at radius 3 is 2.50 bits per heavy atom. The minimum atomic E-state index is -3.50. The van der Waals surface area contributed by atoms with E-state index in [1.165, 1.54) is 4.31 Å². The zero-order valence-electron chi connectivity index (χ0n) is 14.5. The van der Waals surface area contributed by atoms with Crippen molar-refractivity contribution >= 4 is 15.9 Å². The maximum absolute atomic E-state index is 12.9. The van der Waals surface area contributed by atoms with Gasteiger partial charge in [-0.3, -0.25) is 4.79 Å². The molecule has 1 atom stereocenters. The number of nitrogens with zero attached hydrogens (tertiary/aromatic N) is 2. The van der Waals surface area contributed by atoms with Gasteiger partial charge in [0.2, 0.25) is 10.0 Å². The lowest BCUT2D eigenvalue weighted by Gasteiger charge is -2.31. The number of sulfonamides is 1. The Morgan fingerprint density at radius 1 is 1.12 bits per heavy atom. The third-order valence-corrected chi connectivity index (χ3v) is 7.10. The molecule has 2 saturated heterocycles. The standard InChI is InChI=1S/C18H26N2O3S/c1-14-6-5-9-19(13-14)18(21)16-8-7-15(2)17(12-16)24(22,23)20-10-3-4-11-20/h7-8,12,14H,3-6,9-11,13H2,1-2H3/t14-/m0/s1. The van der Waals surface area contributed by atoms with Gasteiger partial charge in [0.15, 0.2) is 0 Å². The van der Waals surface area contributed by atoms with Crippen LogP contribution in [0.2, 0.25) is 0 Å². The zero-order chi connectivity index (χ0) is 17.3. The number of benzene rings is 1. The minimum absolute atomic E-state index is 0.0561. The largest absolute Gasteiger partial charge is 0.338 e. The molecule has 5 nitrogen and oxygen atoms in total. The van der Waals surface area contributed by atoms with Crippen LogP contribution in [-0.2, 0) is 10.0 Å². The van der Waals surface area contributed by atoms with E-state index in [0.29, 0.717) is 30.1 Å². The molecule has 0 saturated carbocycles. The van der Waals surface area contributed by atoms with Crippen LogP contribution in [-0.4, -0.2) is 49.7 Å². The van der Waals surface area contributed by atoms with Crippen LogP contribution < -0.4 is 0 Å². The molecule has 0 aromatic heterocycles. The Kier molecular flexibility index (Phi) is 4.97. The fourth-order valence-electron chi connectivity index (χ4n) is 3.64. The summed E-state index contributed by atoms with van der Waals surface area (Å²) < 4.78 is 27.3. The van der Waals surface area contributed by atoms with Gasteiger partial charge in [-0.1, -0.05) is 13.0 Å². The second-order valence-electron chi connectivity index (χ2n) is 7.09. The lowest BCUT2D eigenvalue weighted by atomic mass is 9.99. The monoisotopic (exact) mass is 350 g/mol. The highest BCUT2D eigenvalue weighted by Crippen LogP contribution is 2.26. The first-order valence-electron chi connectivity index (χ1n) is 8.79. The average Bonchev–Trinajstić information content (AvgIpc) is 3.10. The van der Waals surface area contributed by atoms with Gasteiger partial charge in [0.1, 0.15) is 0 Å². The van der Waals surface area contributed by atoms with E-state index >= 15 is 0 Å². The van der Waals surface area contributed by atoms with Crippen molar-refractivity contribution in [3.8, 4) is 0 Å². The third kappa shape index (κ3) is 3.35. The summed E-state index contributed by atoms with van der Waals surface area (Å²) in [6.45, 7) is 6.59. The molecule has 0 aliphatic carbocycles. The predicted molar refractivity (Wildman–Crippen MR) is 93.5 cm³/mol. The van der Waals surface area contributed by atoms with E-state index in [2.05, 4.69) is 6.92 Å². The van der Waals surface area contributed by atoms with E-state index in [9.17, 15) is 13.2 Å². The topological polar surface area (TPSA) is 57.7 Å². The Labute approximate surface area is 144 Å². The first kappa shape index (κ1) is 17.4. The first-order chi connectivity index (χ1) is 11.4. The molecule has 132 valence electrons. The minimum Gasteiger partial charge on any atom is -0.338 e. The molecule has 1 aromatic rings. The number of amides is 1. The smallest absolute Gasteiger partial charge is 0.253 e. The second kappa shape index (κ2) is 6.84. The van der Waals surface area contributed by atoms with E-state index in [-0.39, 0.29) is 10.8 Å². The van der Waals surface area contributed by atoms with Crippen LogP contribution in [0.4, 0.5) is 0 Å². The fourth-order valence-corrected chi connectivity index (χ4v) is 5.40. The molecule has 3 rings (SSSR count). The van der Waals surface area contributed by atoms with Gasteiger partial charge in [-0.15, -0.1) is 0 Å². The number of hydrogen-bond acceptors (Lipinski definition) is 3. The summed E-state index contributed by atoms with van der Waals surface area (Å²) in [6.07, 6.45) is 3.97. The Bertz CT molecular complexity index is 724. The van der Waals surface area contributed by atoms with Gasteiger partial charge < -0.3 is 4.90 Å². The van der Waals surface area contributed by atoms with Crippen molar-refractivity contribution < 1.29 is 13.2 Å². The molecule has 2 aliphatic heterocycles. The van der Waals surface area contributed by atoms with Crippen LogP contribution in [0.5, 0.6) is 0 Å². The highest BCUT2D eigenvalue weighted by molar-refractivity contribution is 7.89. The molecular formula is C18H26N2O3S. The maximum atomic E-state index is 12.9. The summed E-state index contributed by atoms with van der Waals surface area (Å²) in [4.78, 5) is 14.9. The number of likely N-dealkylation sites (tertiary alicyclic amines) is 1. The van der Waals surface area contributed by atoms with Gasteiger partial charge in [-0.25, -0.2) is 8.42 Å². The Morgan fingerprint density at radius 2 is 1.83 bits per heavy atom. The molecule has 2 fully saturated rings.